The Morgan fingerprint density at radius 2 is 2.11 bits per heavy atom. The van der Waals surface area contributed by atoms with Crippen LogP contribution in [0, 0.1) is 0 Å². The number of ether oxygens (including phenoxy) is 1. The van der Waals surface area contributed by atoms with E-state index in [-0.39, 0.29) is 5.82 Å². The standard InChI is InChI=1S/C12H15N3O4/c1-19-10(16)9-13-7-4-8(14-9)15-12(11(17)18)5-2-3-6-12/h4,7H,2-3,5-6H2,1H3,(H,17,18)(H,13,14,15). The molecule has 1 aromatic heterocycles. The van der Waals surface area contributed by atoms with Crippen LogP contribution in [0.3, 0.4) is 0 Å². The molecule has 102 valence electrons. The fourth-order valence-electron chi connectivity index (χ4n) is 2.23. The Morgan fingerprint density at radius 1 is 1.42 bits per heavy atom. The zero-order valence-electron chi connectivity index (χ0n) is 10.5. The highest BCUT2D eigenvalue weighted by Gasteiger charge is 2.41. The summed E-state index contributed by atoms with van der Waals surface area (Å²) in [7, 11) is 1.24. The van der Waals surface area contributed by atoms with E-state index in [1.165, 1.54) is 19.4 Å². The van der Waals surface area contributed by atoms with Crippen LogP contribution < -0.4 is 5.32 Å². The molecule has 0 spiro atoms. The second-order valence-electron chi connectivity index (χ2n) is 4.48. The Morgan fingerprint density at radius 3 is 2.68 bits per heavy atom. The van der Waals surface area contributed by atoms with E-state index in [0.29, 0.717) is 18.7 Å². The van der Waals surface area contributed by atoms with Crippen LogP contribution in [0.25, 0.3) is 0 Å². The van der Waals surface area contributed by atoms with Crippen LogP contribution >= 0.6 is 0 Å². The molecule has 1 fully saturated rings. The fourth-order valence-corrected chi connectivity index (χ4v) is 2.23. The highest BCUT2D eigenvalue weighted by molar-refractivity contribution is 5.86. The Bertz CT molecular complexity index is 498. The minimum Gasteiger partial charge on any atom is -0.480 e. The van der Waals surface area contributed by atoms with Crippen molar-refractivity contribution in [3.63, 3.8) is 0 Å². The van der Waals surface area contributed by atoms with Gasteiger partial charge in [0.25, 0.3) is 0 Å². The number of carboxylic acid groups (broad SMARTS) is 1. The van der Waals surface area contributed by atoms with E-state index >= 15 is 0 Å². The Kier molecular flexibility index (Phi) is 3.64. The molecule has 0 radical (unpaired) electrons. The van der Waals surface area contributed by atoms with Gasteiger partial charge in [0.15, 0.2) is 0 Å². The minimum absolute atomic E-state index is 0.0916. The van der Waals surface area contributed by atoms with Crippen molar-refractivity contribution in [2.45, 2.75) is 31.2 Å². The molecular formula is C12H15N3O4. The fraction of sp³-hybridized carbons (Fsp3) is 0.500. The van der Waals surface area contributed by atoms with Gasteiger partial charge >= 0.3 is 11.9 Å². The number of aliphatic carboxylic acids is 1. The van der Waals surface area contributed by atoms with E-state index in [1.807, 2.05) is 0 Å². The van der Waals surface area contributed by atoms with Crippen LogP contribution in [0.2, 0.25) is 0 Å². The SMILES string of the molecule is COC(=O)c1nccc(NC2(C(=O)O)CCCC2)n1. The Balaban J connectivity index is 2.23. The van der Waals surface area contributed by atoms with E-state index in [1.54, 1.807) is 0 Å². The number of aromatic nitrogens is 2. The normalized spacial score (nSPS) is 16.9. The number of nitrogens with one attached hydrogen (secondary N) is 1. The molecule has 1 saturated carbocycles. The molecule has 7 nitrogen and oxygen atoms in total. The predicted molar refractivity (Wildman–Crippen MR) is 65.8 cm³/mol. The van der Waals surface area contributed by atoms with Gasteiger partial charge in [0.1, 0.15) is 11.4 Å². The molecule has 2 rings (SSSR count). The van der Waals surface area contributed by atoms with Crippen LogP contribution in [-0.2, 0) is 9.53 Å². The second kappa shape index (κ2) is 5.21. The maximum Gasteiger partial charge on any atom is 0.376 e. The number of carbonyl (C=O) groups excluding carboxylic acids is 1. The number of hydrogen-bond acceptors (Lipinski definition) is 6. The number of methoxy groups -OCH3 is 1. The van der Waals surface area contributed by atoms with E-state index in [4.69, 9.17) is 0 Å². The third-order valence-electron chi connectivity index (χ3n) is 3.26. The van der Waals surface area contributed by atoms with Gasteiger partial charge in [-0.15, -0.1) is 0 Å². The lowest BCUT2D eigenvalue weighted by Gasteiger charge is -2.25. The summed E-state index contributed by atoms with van der Waals surface area (Å²) >= 11 is 0. The first-order valence-corrected chi connectivity index (χ1v) is 6.00. The van der Waals surface area contributed by atoms with Gasteiger partial charge in [-0.3, -0.25) is 0 Å². The molecular weight excluding hydrogens is 250 g/mol. The lowest BCUT2D eigenvalue weighted by molar-refractivity contribution is -0.142. The van der Waals surface area contributed by atoms with Crippen molar-refractivity contribution in [3.05, 3.63) is 18.1 Å². The molecule has 0 saturated heterocycles. The number of carbonyl (C=O) groups is 2. The molecule has 0 bridgehead atoms. The van der Waals surface area contributed by atoms with Crippen molar-refractivity contribution >= 4 is 17.8 Å². The molecule has 1 aliphatic carbocycles. The van der Waals surface area contributed by atoms with Crippen molar-refractivity contribution in [2.24, 2.45) is 0 Å². The average molecular weight is 265 g/mol. The first-order valence-electron chi connectivity index (χ1n) is 6.00. The van der Waals surface area contributed by atoms with Gasteiger partial charge in [0, 0.05) is 6.20 Å². The maximum atomic E-state index is 11.4. The number of rotatable bonds is 4. The van der Waals surface area contributed by atoms with Crippen LogP contribution in [0.15, 0.2) is 12.3 Å². The molecule has 1 aromatic rings. The first kappa shape index (κ1) is 13.3. The maximum absolute atomic E-state index is 11.4. The summed E-state index contributed by atoms with van der Waals surface area (Å²) < 4.78 is 4.53. The van der Waals surface area contributed by atoms with Gasteiger partial charge in [-0.2, -0.15) is 0 Å². The summed E-state index contributed by atoms with van der Waals surface area (Å²) in [4.78, 5) is 30.5. The summed E-state index contributed by atoms with van der Waals surface area (Å²) in [5, 5.41) is 12.3. The topological polar surface area (TPSA) is 101 Å². The van der Waals surface area contributed by atoms with Gasteiger partial charge in [-0.05, 0) is 18.9 Å². The van der Waals surface area contributed by atoms with Gasteiger partial charge in [0.05, 0.1) is 7.11 Å². The summed E-state index contributed by atoms with van der Waals surface area (Å²) in [6, 6.07) is 1.54. The summed E-state index contributed by atoms with van der Waals surface area (Å²) in [5.41, 5.74) is -0.998. The number of anilines is 1. The van der Waals surface area contributed by atoms with Gasteiger partial charge < -0.3 is 15.2 Å². The highest BCUT2D eigenvalue weighted by Crippen LogP contribution is 2.32. The summed E-state index contributed by atoms with van der Waals surface area (Å²) in [6.07, 6.45) is 4.19. The Hall–Kier alpha value is -2.18. The number of hydrogen-bond donors (Lipinski definition) is 2. The smallest absolute Gasteiger partial charge is 0.376 e. The Labute approximate surface area is 110 Å². The average Bonchev–Trinajstić information content (AvgIpc) is 2.88. The molecule has 0 aromatic carbocycles. The molecule has 0 unspecified atom stereocenters. The predicted octanol–water partition coefficient (Wildman–Crippen LogP) is 1.07. The van der Waals surface area contributed by atoms with Crippen molar-refractivity contribution in [2.75, 3.05) is 12.4 Å². The molecule has 1 heterocycles. The minimum atomic E-state index is -0.998. The first-order chi connectivity index (χ1) is 9.07. The molecule has 1 aliphatic rings. The number of esters is 1. The van der Waals surface area contributed by atoms with Crippen molar-refractivity contribution in [3.8, 4) is 0 Å². The lowest BCUT2D eigenvalue weighted by Crippen LogP contribution is -2.44. The zero-order valence-corrected chi connectivity index (χ0v) is 10.5. The quantitative estimate of drug-likeness (QED) is 0.785. The molecule has 0 atom stereocenters. The van der Waals surface area contributed by atoms with Crippen LogP contribution in [-0.4, -0.2) is 39.7 Å². The van der Waals surface area contributed by atoms with Crippen LogP contribution in [0.5, 0.6) is 0 Å². The van der Waals surface area contributed by atoms with Gasteiger partial charge in [-0.1, -0.05) is 12.8 Å². The second-order valence-corrected chi connectivity index (χ2v) is 4.48. The molecule has 0 aliphatic heterocycles. The highest BCUT2D eigenvalue weighted by atomic mass is 16.5. The number of nitrogens with zero attached hydrogens (tertiary/aromatic N) is 2. The molecule has 2 N–H and O–H groups in total. The van der Waals surface area contributed by atoms with E-state index in [2.05, 4.69) is 20.0 Å². The van der Waals surface area contributed by atoms with Crippen molar-refractivity contribution in [1.82, 2.24) is 9.97 Å². The van der Waals surface area contributed by atoms with Gasteiger partial charge in [-0.25, -0.2) is 19.6 Å². The lowest BCUT2D eigenvalue weighted by atomic mass is 9.98. The van der Waals surface area contributed by atoms with E-state index in [9.17, 15) is 14.7 Å². The van der Waals surface area contributed by atoms with Crippen LogP contribution in [0.4, 0.5) is 5.82 Å². The van der Waals surface area contributed by atoms with Gasteiger partial charge in [0.2, 0.25) is 5.82 Å². The van der Waals surface area contributed by atoms with E-state index in [0.717, 1.165) is 12.8 Å². The molecule has 0 amide bonds. The van der Waals surface area contributed by atoms with Crippen molar-refractivity contribution < 1.29 is 19.4 Å². The summed E-state index contributed by atoms with van der Waals surface area (Å²) in [6.45, 7) is 0. The third-order valence-corrected chi connectivity index (χ3v) is 3.26. The largest absolute Gasteiger partial charge is 0.480 e. The summed E-state index contributed by atoms with van der Waals surface area (Å²) in [5.74, 6) is -1.33. The molecule has 7 heteroatoms. The van der Waals surface area contributed by atoms with Crippen LogP contribution in [0.1, 0.15) is 36.3 Å². The van der Waals surface area contributed by atoms with Crippen molar-refractivity contribution in [1.29, 1.82) is 0 Å². The monoisotopic (exact) mass is 265 g/mol. The third kappa shape index (κ3) is 2.64. The molecule has 19 heavy (non-hydrogen) atoms. The zero-order chi connectivity index (χ0) is 13.9. The van der Waals surface area contributed by atoms with E-state index < -0.39 is 17.5 Å². The number of carboxylic acids is 1.